The maximum absolute atomic E-state index is 12.2. The molecule has 0 radical (unpaired) electrons. The lowest BCUT2D eigenvalue weighted by molar-refractivity contribution is -0.121. The summed E-state index contributed by atoms with van der Waals surface area (Å²) in [5.41, 5.74) is 7.04. The number of carbonyl (C=O) groups is 3. The Morgan fingerprint density at radius 1 is 0.893 bits per heavy atom. The first kappa shape index (κ1) is 22.1. The van der Waals surface area contributed by atoms with Gasteiger partial charge in [-0.25, -0.2) is 4.90 Å². The standard InChI is InChI=1S/C23H34N2O3/c1-2-3-4-5-6-7-8-9-10-11-13-18-14-12-15-19(23(24)28)22(18)25-20(26)16-17-21(25)27/h12,14-15H,2-11,13,16-17H2,1H3,(H2,24,28). The zero-order valence-corrected chi connectivity index (χ0v) is 17.2. The summed E-state index contributed by atoms with van der Waals surface area (Å²) in [6.07, 6.45) is 13.6. The van der Waals surface area contributed by atoms with Crippen molar-refractivity contribution in [3.63, 3.8) is 0 Å². The van der Waals surface area contributed by atoms with Crippen molar-refractivity contribution in [3.8, 4) is 0 Å². The van der Waals surface area contributed by atoms with Crippen LogP contribution in [0.1, 0.15) is 99.9 Å². The number of hydrogen-bond donors (Lipinski definition) is 1. The summed E-state index contributed by atoms with van der Waals surface area (Å²) in [5, 5.41) is 0. The molecule has 0 spiro atoms. The molecule has 2 rings (SSSR count). The summed E-state index contributed by atoms with van der Waals surface area (Å²) in [6.45, 7) is 2.24. The lowest BCUT2D eigenvalue weighted by Gasteiger charge is -2.21. The number of benzene rings is 1. The minimum atomic E-state index is -0.604. The lowest BCUT2D eigenvalue weighted by Crippen LogP contribution is -2.32. The third kappa shape index (κ3) is 6.18. The number of para-hydroxylation sites is 1. The van der Waals surface area contributed by atoms with Gasteiger partial charge in [0.25, 0.3) is 5.91 Å². The van der Waals surface area contributed by atoms with Crippen molar-refractivity contribution in [2.75, 3.05) is 4.90 Å². The molecule has 2 N–H and O–H groups in total. The molecule has 1 aliphatic rings. The molecule has 1 aliphatic heterocycles. The molecule has 1 aromatic carbocycles. The highest BCUT2D eigenvalue weighted by Gasteiger charge is 2.34. The Bertz CT molecular complexity index is 668. The average molecular weight is 387 g/mol. The van der Waals surface area contributed by atoms with Crippen LogP contribution in [0.4, 0.5) is 5.69 Å². The number of primary amides is 1. The van der Waals surface area contributed by atoms with E-state index in [1.54, 1.807) is 12.1 Å². The minimum Gasteiger partial charge on any atom is -0.366 e. The number of carbonyl (C=O) groups excluding carboxylic acids is 3. The first-order valence-electron chi connectivity index (χ1n) is 10.8. The van der Waals surface area contributed by atoms with Gasteiger partial charge in [0.1, 0.15) is 0 Å². The number of anilines is 1. The second-order valence-electron chi connectivity index (χ2n) is 7.73. The molecule has 3 amide bonds. The Morgan fingerprint density at radius 3 is 1.96 bits per heavy atom. The normalized spacial score (nSPS) is 14.1. The predicted octanol–water partition coefficient (Wildman–Crippen LogP) is 4.90. The summed E-state index contributed by atoms with van der Waals surface area (Å²) >= 11 is 0. The number of nitrogens with zero attached hydrogens (tertiary/aromatic N) is 1. The van der Waals surface area contributed by atoms with Crippen molar-refractivity contribution in [1.82, 2.24) is 0 Å². The summed E-state index contributed by atoms with van der Waals surface area (Å²) in [7, 11) is 0. The lowest BCUT2D eigenvalue weighted by atomic mass is 9.99. The molecule has 28 heavy (non-hydrogen) atoms. The van der Waals surface area contributed by atoms with E-state index in [9.17, 15) is 14.4 Å². The van der Waals surface area contributed by atoms with Crippen LogP contribution in [-0.2, 0) is 16.0 Å². The van der Waals surface area contributed by atoms with Crippen LogP contribution in [0.15, 0.2) is 18.2 Å². The predicted molar refractivity (Wildman–Crippen MR) is 112 cm³/mol. The maximum atomic E-state index is 12.2. The molecule has 154 valence electrons. The van der Waals surface area contributed by atoms with Gasteiger partial charge in [-0.3, -0.25) is 14.4 Å². The summed E-state index contributed by atoms with van der Waals surface area (Å²) in [5.74, 6) is -1.10. The molecule has 1 heterocycles. The molecular weight excluding hydrogens is 352 g/mol. The molecule has 0 bridgehead atoms. The average Bonchev–Trinajstić information content (AvgIpc) is 3.01. The van der Waals surface area contributed by atoms with Gasteiger partial charge in [0.2, 0.25) is 11.8 Å². The Kier molecular flexibility index (Phi) is 9.18. The second-order valence-corrected chi connectivity index (χ2v) is 7.73. The molecule has 1 aromatic rings. The first-order chi connectivity index (χ1) is 13.6. The number of unbranched alkanes of at least 4 members (excludes halogenated alkanes) is 9. The monoisotopic (exact) mass is 386 g/mol. The number of rotatable bonds is 13. The van der Waals surface area contributed by atoms with Crippen LogP contribution in [0.3, 0.4) is 0 Å². The molecule has 0 unspecified atom stereocenters. The molecule has 0 saturated carbocycles. The van der Waals surface area contributed by atoms with E-state index >= 15 is 0 Å². The van der Waals surface area contributed by atoms with E-state index in [0.29, 0.717) is 5.69 Å². The van der Waals surface area contributed by atoms with Gasteiger partial charge < -0.3 is 5.73 Å². The third-order valence-corrected chi connectivity index (χ3v) is 5.46. The van der Waals surface area contributed by atoms with Crippen molar-refractivity contribution < 1.29 is 14.4 Å². The molecule has 5 heteroatoms. The first-order valence-corrected chi connectivity index (χ1v) is 10.8. The van der Waals surface area contributed by atoms with Gasteiger partial charge in [0.05, 0.1) is 11.3 Å². The second kappa shape index (κ2) is 11.6. The molecule has 0 aromatic heterocycles. The van der Waals surface area contributed by atoms with E-state index in [1.807, 2.05) is 6.07 Å². The van der Waals surface area contributed by atoms with Crippen molar-refractivity contribution in [2.24, 2.45) is 5.73 Å². The molecule has 0 aliphatic carbocycles. The number of hydrogen-bond acceptors (Lipinski definition) is 3. The van der Waals surface area contributed by atoms with Gasteiger partial charge >= 0.3 is 0 Å². The van der Waals surface area contributed by atoms with Crippen LogP contribution >= 0.6 is 0 Å². The zero-order chi connectivity index (χ0) is 20.4. The topological polar surface area (TPSA) is 80.5 Å². The van der Waals surface area contributed by atoms with Crippen LogP contribution < -0.4 is 10.6 Å². The van der Waals surface area contributed by atoms with E-state index in [1.165, 1.54) is 56.3 Å². The SMILES string of the molecule is CCCCCCCCCCCCc1cccc(C(N)=O)c1N1C(=O)CCC1=O. The van der Waals surface area contributed by atoms with Gasteiger partial charge in [0, 0.05) is 12.8 Å². The van der Waals surface area contributed by atoms with Crippen molar-refractivity contribution in [2.45, 2.75) is 90.4 Å². The Labute approximate surface area is 168 Å². The molecule has 1 fully saturated rings. The highest BCUT2D eigenvalue weighted by molar-refractivity contribution is 6.22. The fourth-order valence-corrected chi connectivity index (χ4v) is 3.88. The van der Waals surface area contributed by atoms with Crippen LogP contribution in [0.2, 0.25) is 0 Å². The smallest absolute Gasteiger partial charge is 0.250 e. The van der Waals surface area contributed by atoms with Gasteiger partial charge in [-0.15, -0.1) is 0 Å². The van der Waals surface area contributed by atoms with Gasteiger partial charge in [-0.2, -0.15) is 0 Å². The number of aryl methyl sites for hydroxylation is 1. The van der Waals surface area contributed by atoms with E-state index < -0.39 is 5.91 Å². The van der Waals surface area contributed by atoms with Gasteiger partial charge in [-0.05, 0) is 24.5 Å². The summed E-state index contributed by atoms with van der Waals surface area (Å²) in [6, 6.07) is 5.27. The maximum Gasteiger partial charge on any atom is 0.250 e. The quantitative estimate of drug-likeness (QED) is 0.387. The largest absolute Gasteiger partial charge is 0.366 e. The molecule has 0 atom stereocenters. The highest BCUT2D eigenvalue weighted by Crippen LogP contribution is 2.31. The van der Waals surface area contributed by atoms with Crippen LogP contribution in [0.25, 0.3) is 0 Å². The molecule has 5 nitrogen and oxygen atoms in total. The van der Waals surface area contributed by atoms with Crippen molar-refractivity contribution in [3.05, 3.63) is 29.3 Å². The number of imide groups is 1. The number of amides is 3. The van der Waals surface area contributed by atoms with E-state index in [0.717, 1.165) is 24.8 Å². The molecule has 1 saturated heterocycles. The van der Waals surface area contributed by atoms with E-state index in [2.05, 4.69) is 6.92 Å². The zero-order valence-electron chi connectivity index (χ0n) is 17.2. The van der Waals surface area contributed by atoms with E-state index in [-0.39, 0.29) is 30.2 Å². The van der Waals surface area contributed by atoms with Crippen LogP contribution in [0, 0.1) is 0 Å². The van der Waals surface area contributed by atoms with Gasteiger partial charge in [0.15, 0.2) is 0 Å². The van der Waals surface area contributed by atoms with E-state index in [4.69, 9.17) is 5.73 Å². The minimum absolute atomic E-state index is 0.198. The Balaban J connectivity index is 1.88. The third-order valence-electron chi connectivity index (χ3n) is 5.46. The summed E-state index contributed by atoms with van der Waals surface area (Å²) < 4.78 is 0. The van der Waals surface area contributed by atoms with Crippen molar-refractivity contribution >= 4 is 23.4 Å². The van der Waals surface area contributed by atoms with Crippen LogP contribution in [0.5, 0.6) is 0 Å². The van der Waals surface area contributed by atoms with Crippen LogP contribution in [-0.4, -0.2) is 17.7 Å². The Hall–Kier alpha value is -2.17. The van der Waals surface area contributed by atoms with Gasteiger partial charge in [-0.1, -0.05) is 76.8 Å². The molecular formula is C23H34N2O3. The number of nitrogens with two attached hydrogens (primary N) is 1. The Morgan fingerprint density at radius 2 is 1.43 bits per heavy atom. The fraction of sp³-hybridized carbons (Fsp3) is 0.609. The summed E-state index contributed by atoms with van der Waals surface area (Å²) in [4.78, 5) is 37.4. The highest BCUT2D eigenvalue weighted by atomic mass is 16.2. The van der Waals surface area contributed by atoms with Crippen molar-refractivity contribution in [1.29, 1.82) is 0 Å². The fourth-order valence-electron chi connectivity index (χ4n) is 3.88.